The van der Waals surface area contributed by atoms with E-state index in [1.165, 1.54) is 5.56 Å². The van der Waals surface area contributed by atoms with Gasteiger partial charge in [-0.2, -0.15) is 0 Å². The molecule has 0 aliphatic heterocycles. The van der Waals surface area contributed by atoms with Crippen LogP contribution in [0, 0.1) is 6.92 Å². The van der Waals surface area contributed by atoms with Crippen molar-refractivity contribution < 1.29 is 14.2 Å². The molecule has 2 N–H and O–H groups in total. The van der Waals surface area contributed by atoms with Crippen molar-refractivity contribution in [3.8, 4) is 17.2 Å². The zero-order valence-electron chi connectivity index (χ0n) is 17.2. The topological polar surface area (TPSA) is 77.5 Å². The minimum Gasteiger partial charge on any atom is -0.497 e. The Morgan fingerprint density at radius 1 is 0.793 bits per heavy atom. The third kappa shape index (κ3) is 5.51. The van der Waals surface area contributed by atoms with Gasteiger partial charge in [-0.15, -0.1) is 0 Å². The van der Waals surface area contributed by atoms with Gasteiger partial charge in [-0.3, -0.25) is 0 Å². The maximum Gasteiger partial charge on any atom is 0.142 e. The van der Waals surface area contributed by atoms with Gasteiger partial charge in [0.1, 0.15) is 34.7 Å². The highest BCUT2D eigenvalue weighted by molar-refractivity contribution is 5.67. The van der Waals surface area contributed by atoms with Gasteiger partial charge in [-0.1, -0.05) is 12.1 Å². The van der Waals surface area contributed by atoms with Gasteiger partial charge >= 0.3 is 0 Å². The van der Waals surface area contributed by atoms with Gasteiger partial charge in [0.15, 0.2) is 0 Å². The molecule has 1 heterocycles. The molecular formula is C22H26N4O3. The van der Waals surface area contributed by atoms with Crippen LogP contribution < -0.4 is 24.8 Å². The van der Waals surface area contributed by atoms with Crippen molar-refractivity contribution in [1.29, 1.82) is 0 Å². The first-order chi connectivity index (χ1) is 14.1. The standard InChI is InChI=1S/C22H26N4O3/c1-15-24-21(23-12-11-16-5-7-17(27-2)8-6-16)14-22(25-15)26-19-13-18(28-3)9-10-20(19)29-4/h5-10,13-14H,11-12H2,1-4H3,(H2,23,24,25,26). The van der Waals surface area contributed by atoms with Gasteiger partial charge in [0.05, 0.1) is 27.0 Å². The molecule has 152 valence electrons. The van der Waals surface area contributed by atoms with Gasteiger partial charge in [0.2, 0.25) is 0 Å². The highest BCUT2D eigenvalue weighted by Crippen LogP contribution is 2.31. The predicted molar refractivity (Wildman–Crippen MR) is 115 cm³/mol. The largest absolute Gasteiger partial charge is 0.497 e. The quantitative estimate of drug-likeness (QED) is 0.563. The first-order valence-corrected chi connectivity index (χ1v) is 9.33. The minimum atomic E-state index is 0.670. The summed E-state index contributed by atoms with van der Waals surface area (Å²) in [6, 6.07) is 15.5. The molecule has 0 radical (unpaired) electrons. The number of rotatable bonds is 9. The van der Waals surface area contributed by atoms with E-state index in [0.29, 0.717) is 17.4 Å². The zero-order valence-corrected chi connectivity index (χ0v) is 17.2. The molecule has 7 heteroatoms. The lowest BCUT2D eigenvalue weighted by Crippen LogP contribution is -2.08. The molecule has 0 unspecified atom stereocenters. The zero-order chi connectivity index (χ0) is 20.6. The van der Waals surface area contributed by atoms with Gasteiger partial charge in [0.25, 0.3) is 0 Å². The van der Waals surface area contributed by atoms with Crippen LogP contribution in [-0.2, 0) is 6.42 Å². The number of anilines is 3. The second-order valence-electron chi connectivity index (χ2n) is 6.40. The second kappa shape index (κ2) is 9.64. The molecule has 0 amide bonds. The van der Waals surface area contributed by atoms with Crippen LogP contribution in [0.2, 0.25) is 0 Å². The summed E-state index contributed by atoms with van der Waals surface area (Å²) in [5.74, 6) is 4.40. The third-order valence-electron chi connectivity index (χ3n) is 4.39. The summed E-state index contributed by atoms with van der Waals surface area (Å²) in [7, 11) is 4.93. The Morgan fingerprint density at radius 2 is 1.48 bits per heavy atom. The number of aromatic nitrogens is 2. The number of ether oxygens (including phenoxy) is 3. The van der Waals surface area contributed by atoms with E-state index in [0.717, 1.165) is 36.0 Å². The normalized spacial score (nSPS) is 10.3. The van der Waals surface area contributed by atoms with Crippen LogP contribution in [0.15, 0.2) is 48.5 Å². The average Bonchev–Trinajstić information content (AvgIpc) is 2.74. The van der Waals surface area contributed by atoms with Gasteiger partial charge < -0.3 is 24.8 Å². The van der Waals surface area contributed by atoms with E-state index >= 15 is 0 Å². The van der Waals surface area contributed by atoms with Crippen LogP contribution in [0.5, 0.6) is 17.2 Å². The lowest BCUT2D eigenvalue weighted by molar-refractivity contribution is 0.405. The predicted octanol–water partition coefficient (Wildman–Crippen LogP) is 4.21. The number of hydrogen-bond donors (Lipinski definition) is 2. The maximum absolute atomic E-state index is 5.42. The van der Waals surface area contributed by atoms with E-state index < -0.39 is 0 Å². The molecule has 0 spiro atoms. The fourth-order valence-electron chi connectivity index (χ4n) is 2.90. The van der Waals surface area contributed by atoms with Crippen LogP contribution in [0.4, 0.5) is 17.3 Å². The van der Waals surface area contributed by atoms with Gasteiger partial charge in [-0.25, -0.2) is 9.97 Å². The van der Waals surface area contributed by atoms with E-state index in [4.69, 9.17) is 14.2 Å². The van der Waals surface area contributed by atoms with Crippen molar-refractivity contribution >= 4 is 17.3 Å². The lowest BCUT2D eigenvalue weighted by Gasteiger charge is -2.14. The van der Waals surface area contributed by atoms with Crippen molar-refractivity contribution in [1.82, 2.24) is 9.97 Å². The second-order valence-corrected chi connectivity index (χ2v) is 6.40. The summed E-state index contributed by atoms with van der Waals surface area (Å²) in [4.78, 5) is 8.95. The number of nitrogens with one attached hydrogen (secondary N) is 2. The molecule has 7 nitrogen and oxygen atoms in total. The van der Waals surface area contributed by atoms with Crippen LogP contribution >= 0.6 is 0 Å². The van der Waals surface area contributed by atoms with Gasteiger partial charge in [0, 0.05) is 18.7 Å². The fourth-order valence-corrected chi connectivity index (χ4v) is 2.90. The highest BCUT2D eigenvalue weighted by Gasteiger charge is 2.08. The van der Waals surface area contributed by atoms with Crippen LogP contribution in [0.1, 0.15) is 11.4 Å². The summed E-state index contributed by atoms with van der Waals surface area (Å²) in [6.45, 7) is 2.62. The average molecular weight is 394 g/mol. The molecule has 2 aromatic carbocycles. The van der Waals surface area contributed by atoms with E-state index in [-0.39, 0.29) is 0 Å². The fraction of sp³-hybridized carbons (Fsp3) is 0.273. The molecule has 1 aromatic heterocycles. The first-order valence-electron chi connectivity index (χ1n) is 9.33. The number of nitrogens with zero attached hydrogens (tertiary/aromatic N) is 2. The van der Waals surface area contributed by atoms with E-state index in [1.54, 1.807) is 21.3 Å². The summed E-state index contributed by atoms with van der Waals surface area (Å²) in [6.07, 6.45) is 0.875. The van der Waals surface area contributed by atoms with Crippen molar-refractivity contribution in [2.75, 3.05) is 38.5 Å². The molecule has 0 bridgehead atoms. The van der Waals surface area contributed by atoms with Crippen LogP contribution in [0.3, 0.4) is 0 Å². The Kier molecular flexibility index (Phi) is 6.73. The summed E-state index contributed by atoms with van der Waals surface area (Å²) < 4.78 is 15.9. The first kappa shape index (κ1) is 20.3. The molecule has 0 atom stereocenters. The van der Waals surface area contributed by atoms with Crippen LogP contribution in [0.25, 0.3) is 0 Å². The minimum absolute atomic E-state index is 0.670. The Morgan fingerprint density at radius 3 is 2.17 bits per heavy atom. The molecule has 0 saturated heterocycles. The third-order valence-corrected chi connectivity index (χ3v) is 4.39. The number of aryl methyl sites for hydroxylation is 1. The van der Waals surface area contributed by atoms with E-state index in [2.05, 4.69) is 32.7 Å². The molecule has 0 aliphatic rings. The molecular weight excluding hydrogens is 368 g/mol. The summed E-state index contributed by atoms with van der Waals surface area (Å²) in [5.41, 5.74) is 2.00. The molecule has 3 aromatic rings. The lowest BCUT2D eigenvalue weighted by atomic mass is 10.1. The molecule has 0 fully saturated rings. The van der Waals surface area contributed by atoms with Crippen molar-refractivity contribution in [2.24, 2.45) is 0 Å². The smallest absolute Gasteiger partial charge is 0.142 e. The Balaban J connectivity index is 1.68. The van der Waals surface area contributed by atoms with Crippen molar-refractivity contribution in [2.45, 2.75) is 13.3 Å². The number of benzene rings is 2. The molecule has 29 heavy (non-hydrogen) atoms. The van der Waals surface area contributed by atoms with E-state index in [1.807, 2.05) is 43.3 Å². The maximum atomic E-state index is 5.42. The highest BCUT2D eigenvalue weighted by atomic mass is 16.5. The summed E-state index contributed by atoms with van der Waals surface area (Å²) >= 11 is 0. The SMILES string of the molecule is COc1ccc(CCNc2cc(Nc3cc(OC)ccc3OC)nc(C)n2)cc1. The number of methoxy groups -OCH3 is 3. The molecule has 0 aliphatic carbocycles. The van der Waals surface area contributed by atoms with Crippen molar-refractivity contribution in [3.05, 3.63) is 59.9 Å². The van der Waals surface area contributed by atoms with Crippen molar-refractivity contribution in [3.63, 3.8) is 0 Å². The summed E-state index contributed by atoms with van der Waals surface area (Å²) in [5, 5.41) is 6.65. The Hall–Kier alpha value is -3.48. The number of hydrogen-bond acceptors (Lipinski definition) is 7. The van der Waals surface area contributed by atoms with E-state index in [9.17, 15) is 0 Å². The Labute approximate surface area is 171 Å². The Bertz CT molecular complexity index is 945. The van der Waals surface area contributed by atoms with Crippen LogP contribution in [-0.4, -0.2) is 37.8 Å². The monoisotopic (exact) mass is 394 g/mol. The van der Waals surface area contributed by atoms with Gasteiger partial charge in [-0.05, 0) is 43.2 Å². The molecule has 3 rings (SSSR count). The molecule has 0 saturated carbocycles.